The van der Waals surface area contributed by atoms with Crippen molar-refractivity contribution in [2.45, 2.75) is 19.9 Å². The molecule has 1 atom stereocenters. The summed E-state index contributed by atoms with van der Waals surface area (Å²) in [6.07, 6.45) is 0. The Bertz CT molecular complexity index is 504. The Morgan fingerprint density at radius 1 is 1.42 bits per heavy atom. The van der Waals surface area contributed by atoms with Gasteiger partial charge in [-0.15, -0.1) is 0 Å². The van der Waals surface area contributed by atoms with Gasteiger partial charge in [0, 0.05) is 8.95 Å². The molecule has 0 saturated carbocycles. The van der Waals surface area contributed by atoms with Gasteiger partial charge in [0.2, 0.25) is 0 Å². The Labute approximate surface area is 128 Å². The van der Waals surface area contributed by atoms with Crippen LogP contribution in [0.4, 0.5) is 0 Å². The fourth-order valence-corrected chi connectivity index (χ4v) is 2.32. The molecule has 0 aliphatic heterocycles. The number of hydrogen-bond donors (Lipinski definition) is 3. The van der Waals surface area contributed by atoms with Crippen LogP contribution in [0, 0.1) is 5.92 Å². The minimum atomic E-state index is -0.525. The van der Waals surface area contributed by atoms with E-state index in [0.29, 0.717) is 10.0 Å². The summed E-state index contributed by atoms with van der Waals surface area (Å²) in [6, 6.07) is 4.77. The van der Waals surface area contributed by atoms with Crippen molar-refractivity contribution in [3.8, 4) is 0 Å². The normalized spacial score (nSPS) is 13.4. The summed E-state index contributed by atoms with van der Waals surface area (Å²) in [7, 11) is 0. The average Bonchev–Trinajstić information content (AvgIpc) is 2.37. The minimum Gasteiger partial charge on any atom is -0.409 e. The maximum absolute atomic E-state index is 12.2. The van der Waals surface area contributed by atoms with Crippen LogP contribution in [0.3, 0.4) is 0 Å². The summed E-state index contributed by atoms with van der Waals surface area (Å²) in [5.41, 5.74) is 6.05. The van der Waals surface area contributed by atoms with Crippen molar-refractivity contribution in [2.75, 3.05) is 0 Å². The monoisotopic (exact) mass is 391 g/mol. The maximum Gasteiger partial charge on any atom is 0.253 e. The zero-order valence-corrected chi connectivity index (χ0v) is 13.7. The molecule has 1 rings (SSSR count). The highest BCUT2D eigenvalue weighted by atomic mass is 79.9. The predicted octanol–water partition coefficient (Wildman–Crippen LogP) is 2.71. The summed E-state index contributed by atoms with van der Waals surface area (Å²) < 4.78 is 1.47. The number of carbonyl (C=O) groups excluding carboxylic acids is 1. The summed E-state index contributed by atoms with van der Waals surface area (Å²) in [5.74, 6) is -0.307. The molecule has 0 spiro atoms. The minimum absolute atomic E-state index is 0.00535. The molecule has 1 unspecified atom stereocenters. The number of hydrogen-bond acceptors (Lipinski definition) is 3. The lowest BCUT2D eigenvalue weighted by molar-refractivity contribution is 0.0938. The van der Waals surface area contributed by atoms with Gasteiger partial charge in [0.15, 0.2) is 5.84 Å². The summed E-state index contributed by atoms with van der Waals surface area (Å²) in [5, 5.41) is 14.4. The molecule has 7 heteroatoms. The summed E-state index contributed by atoms with van der Waals surface area (Å²) >= 11 is 6.63. The molecule has 0 aromatic heterocycles. The molecule has 0 aliphatic rings. The van der Waals surface area contributed by atoms with Crippen LogP contribution in [0.5, 0.6) is 0 Å². The van der Waals surface area contributed by atoms with Gasteiger partial charge in [0.1, 0.15) is 0 Å². The third-order valence-corrected chi connectivity index (χ3v) is 3.75. The number of amides is 1. The summed E-state index contributed by atoms with van der Waals surface area (Å²) in [4.78, 5) is 12.2. The van der Waals surface area contributed by atoms with Crippen molar-refractivity contribution < 1.29 is 10.0 Å². The summed E-state index contributed by atoms with van der Waals surface area (Å²) in [6.45, 7) is 3.75. The molecule has 0 fully saturated rings. The number of oxime groups is 1. The van der Waals surface area contributed by atoms with Crippen molar-refractivity contribution in [1.29, 1.82) is 0 Å². The Morgan fingerprint density at radius 3 is 2.58 bits per heavy atom. The predicted molar refractivity (Wildman–Crippen MR) is 81.3 cm³/mol. The first-order valence-corrected chi connectivity index (χ1v) is 7.18. The standard InChI is InChI=1S/C12H15Br2N3O2/c1-6(2)10(11(15)17-19)16-12(18)8-5-7(13)3-4-9(8)14/h3-6,10,19H,1-2H3,(H2,15,17)(H,16,18). The molecule has 1 aromatic carbocycles. The average molecular weight is 393 g/mol. The Morgan fingerprint density at radius 2 is 2.05 bits per heavy atom. The van der Waals surface area contributed by atoms with Crippen molar-refractivity contribution in [3.05, 3.63) is 32.7 Å². The van der Waals surface area contributed by atoms with Crippen molar-refractivity contribution in [2.24, 2.45) is 16.8 Å². The Hall–Kier alpha value is -1.08. The van der Waals surface area contributed by atoms with Crippen LogP contribution in [-0.4, -0.2) is 23.0 Å². The van der Waals surface area contributed by atoms with Crippen molar-refractivity contribution in [1.82, 2.24) is 5.32 Å². The van der Waals surface area contributed by atoms with E-state index in [1.54, 1.807) is 12.1 Å². The molecular weight excluding hydrogens is 378 g/mol. The fourth-order valence-electron chi connectivity index (χ4n) is 1.53. The number of rotatable bonds is 4. The van der Waals surface area contributed by atoms with Crippen LogP contribution in [0.15, 0.2) is 32.3 Å². The third kappa shape index (κ3) is 4.21. The van der Waals surface area contributed by atoms with E-state index in [-0.39, 0.29) is 17.7 Å². The van der Waals surface area contributed by atoms with E-state index in [0.717, 1.165) is 4.47 Å². The molecule has 1 amide bonds. The number of benzene rings is 1. The number of halogens is 2. The molecule has 19 heavy (non-hydrogen) atoms. The molecule has 0 bridgehead atoms. The van der Waals surface area contributed by atoms with Gasteiger partial charge in [0.25, 0.3) is 5.91 Å². The maximum atomic E-state index is 12.2. The van der Waals surface area contributed by atoms with Crippen LogP contribution in [0.1, 0.15) is 24.2 Å². The van der Waals surface area contributed by atoms with Crippen LogP contribution in [0.2, 0.25) is 0 Å². The Balaban J connectivity index is 2.97. The first-order valence-electron chi connectivity index (χ1n) is 5.60. The SMILES string of the molecule is CC(C)C(NC(=O)c1cc(Br)ccc1Br)/C(N)=N/O. The number of nitrogens with zero attached hydrogens (tertiary/aromatic N) is 1. The third-order valence-electron chi connectivity index (χ3n) is 2.56. The first kappa shape index (κ1) is 16.0. The van der Waals surface area contributed by atoms with E-state index < -0.39 is 6.04 Å². The zero-order chi connectivity index (χ0) is 14.6. The second kappa shape index (κ2) is 6.91. The quantitative estimate of drug-likeness (QED) is 0.318. The molecule has 0 heterocycles. The molecular formula is C12H15Br2N3O2. The number of nitrogens with two attached hydrogens (primary N) is 1. The smallest absolute Gasteiger partial charge is 0.253 e. The largest absolute Gasteiger partial charge is 0.409 e. The van der Waals surface area contributed by atoms with Gasteiger partial charge in [-0.2, -0.15) is 0 Å². The molecule has 1 aromatic rings. The van der Waals surface area contributed by atoms with Crippen molar-refractivity contribution in [3.63, 3.8) is 0 Å². The molecule has 4 N–H and O–H groups in total. The lowest BCUT2D eigenvalue weighted by Gasteiger charge is -2.21. The zero-order valence-electron chi connectivity index (χ0n) is 10.5. The van der Waals surface area contributed by atoms with E-state index in [9.17, 15) is 4.79 Å². The highest BCUT2D eigenvalue weighted by Gasteiger charge is 2.22. The number of amidine groups is 1. The highest BCUT2D eigenvalue weighted by molar-refractivity contribution is 9.11. The molecule has 5 nitrogen and oxygen atoms in total. The van der Waals surface area contributed by atoms with Gasteiger partial charge in [0.05, 0.1) is 11.6 Å². The number of carbonyl (C=O) groups is 1. The second-order valence-electron chi connectivity index (χ2n) is 4.34. The highest BCUT2D eigenvalue weighted by Crippen LogP contribution is 2.21. The Kier molecular flexibility index (Phi) is 5.81. The van der Waals surface area contributed by atoms with Gasteiger partial charge >= 0.3 is 0 Å². The first-order chi connectivity index (χ1) is 8.86. The van der Waals surface area contributed by atoms with E-state index in [4.69, 9.17) is 10.9 Å². The van der Waals surface area contributed by atoms with Gasteiger partial charge in [-0.3, -0.25) is 4.79 Å². The van der Waals surface area contributed by atoms with E-state index in [1.807, 2.05) is 19.9 Å². The van der Waals surface area contributed by atoms with Gasteiger partial charge in [-0.1, -0.05) is 34.9 Å². The molecule has 104 valence electrons. The van der Waals surface area contributed by atoms with Crippen LogP contribution in [0.25, 0.3) is 0 Å². The lowest BCUT2D eigenvalue weighted by atomic mass is 10.0. The van der Waals surface area contributed by atoms with Gasteiger partial charge < -0.3 is 16.3 Å². The topological polar surface area (TPSA) is 87.7 Å². The van der Waals surface area contributed by atoms with Gasteiger partial charge in [-0.25, -0.2) is 0 Å². The van der Waals surface area contributed by atoms with Crippen LogP contribution < -0.4 is 11.1 Å². The van der Waals surface area contributed by atoms with E-state index in [2.05, 4.69) is 42.3 Å². The molecule has 0 saturated heterocycles. The van der Waals surface area contributed by atoms with E-state index >= 15 is 0 Å². The van der Waals surface area contributed by atoms with Crippen molar-refractivity contribution >= 4 is 43.6 Å². The lowest BCUT2D eigenvalue weighted by Crippen LogP contribution is -2.47. The number of nitrogens with one attached hydrogen (secondary N) is 1. The fraction of sp³-hybridized carbons (Fsp3) is 0.333. The molecule has 0 aliphatic carbocycles. The van der Waals surface area contributed by atoms with E-state index in [1.165, 1.54) is 0 Å². The van der Waals surface area contributed by atoms with Gasteiger partial charge in [-0.05, 0) is 40.0 Å². The molecule has 0 radical (unpaired) electrons. The van der Waals surface area contributed by atoms with Crippen LogP contribution in [-0.2, 0) is 0 Å². The second-order valence-corrected chi connectivity index (χ2v) is 6.11. The van der Waals surface area contributed by atoms with Crippen LogP contribution >= 0.6 is 31.9 Å².